The minimum absolute atomic E-state index is 0.167. The first kappa shape index (κ1) is 12.4. The summed E-state index contributed by atoms with van der Waals surface area (Å²) in [4.78, 5) is 22.0. The highest BCUT2D eigenvalue weighted by Crippen LogP contribution is 2.29. The third-order valence-electron chi connectivity index (χ3n) is 4.05. The average molecular weight is 261 g/mol. The van der Waals surface area contributed by atoms with Gasteiger partial charge >= 0.3 is 0 Å². The van der Waals surface area contributed by atoms with Crippen LogP contribution in [0.15, 0.2) is 18.6 Å². The molecule has 5 heteroatoms. The van der Waals surface area contributed by atoms with E-state index in [2.05, 4.69) is 9.97 Å². The highest BCUT2D eigenvalue weighted by atomic mass is 16.5. The Kier molecular flexibility index (Phi) is 3.62. The Balaban J connectivity index is 1.48. The smallest absolute Gasteiger partial charge is 0.225 e. The Morgan fingerprint density at radius 2 is 2.05 bits per heavy atom. The fraction of sp³-hybridized carbons (Fsp3) is 0.643. The molecule has 0 spiro atoms. The Labute approximate surface area is 113 Å². The molecule has 1 aliphatic carbocycles. The van der Waals surface area contributed by atoms with E-state index in [0.717, 1.165) is 38.8 Å². The summed E-state index contributed by atoms with van der Waals surface area (Å²) in [6.07, 6.45) is 8.49. The molecule has 0 unspecified atom stereocenters. The monoisotopic (exact) mass is 261 g/mol. The molecule has 1 aromatic heterocycles. The van der Waals surface area contributed by atoms with Crippen LogP contribution in [0.2, 0.25) is 0 Å². The molecule has 1 amide bonds. The first-order chi connectivity index (χ1) is 9.33. The van der Waals surface area contributed by atoms with E-state index in [1.54, 1.807) is 12.3 Å². The normalized spacial score (nSPS) is 20.9. The maximum Gasteiger partial charge on any atom is 0.225 e. The number of hydrogen-bond acceptors (Lipinski definition) is 4. The minimum Gasteiger partial charge on any atom is -0.474 e. The van der Waals surface area contributed by atoms with Gasteiger partial charge in [0.1, 0.15) is 12.4 Å². The van der Waals surface area contributed by atoms with E-state index in [9.17, 15) is 4.79 Å². The molecular weight excluding hydrogens is 242 g/mol. The van der Waals surface area contributed by atoms with E-state index < -0.39 is 0 Å². The summed E-state index contributed by atoms with van der Waals surface area (Å²) >= 11 is 0. The molecule has 102 valence electrons. The van der Waals surface area contributed by atoms with Crippen molar-refractivity contribution in [3.05, 3.63) is 18.6 Å². The predicted octanol–water partition coefficient (Wildman–Crippen LogP) is 1.65. The maximum atomic E-state index is 12.1. The lowest BCUT2D eigenvalue weighted by molar-refractivity contribution is -0.140. The van der Waals surface area contributed by atoms with Gasteiger partial charge in [0.2, 0.25) is 11.8 Å². The van der Waals surface area contributed by atoms with Crippen molar-refractivity contribution in [2.24, 2.45) is 5.92 Å². The quantitative estimate of drug-likeness (QED) is 0.830. The van der Waals surface area contributed by atoms with Gasteiger partial charge in [0.15, 0.2) is 0 Å². The third kappa shape index (κ3) is 2.85. The molecule has 0 radical (unpaired) electrons. The molecule has 3 rings (SSSR count). The summed E-state index contributed by atoms with van der Waals surface area (Å²) in [5.41, 5.74) is 0. The number of likely N-dealkylation sites (tertiary alicyclic amines) is 1. The summed E-state index contributed by atoms with van der Waals surface area (Å²) in [7, 11) is 0. The molecular formula is C14H19N3O2. The second-order valence-electron chi connectivity index (χ2n) is 5.32. The molecule has 1 saturated carbocycles. The summed E-state index contributed by atoms with van der Waals surface area (Å²) in [6.45, 7) is 1.62. The third-order valence-corrected chi connectivity index (χ3v) is 4.05. The predicted molar refractivity (Wildman–Crippen MR) is 69.6 cm³/mol. The number of aromatic nitrogens is 2. The summed E-state index contributed by atoms with van der Waals surface area (Å²) in [5.74, 6) is 1.28. The van der Waals surface area contributed by atoms with Crippen LogP contribution in [-0.2, 0) is 4.79 Å². The number of ether oxygens (including phenoxy) is 1. The van der Waals surface area contributed by atoms with Gasteiger partial charge in [-0.3, -0.25) is 4.79 Å². The lowest BCUT2D eigenvalue weighted by Crippen LogP contribution is -2.45. The minimum atomic E-state index is 0.167. The van der Waals surface area contributed by atoms with Crippen molar-refractivity contribution in [2.45, 2.75) is 38.2 Å². The van der Waals surface area contributed by atoms with Gasteiger partial charge in [-0.15, -0.1) is 0 Å². The molecule has 0 atom stereocenters. The Morgan fingerprint density at radius 1 is 1.26 bits per heavy atom. The lowest BCUT2D eigenvalue weighted by Gasteiger charge is -2.36. The van der Waals surface area contributed by atoms with E-state index in [-0.39, 0.29) is 6.10 Å². The van der Waals surface area contributed by atoms with E-state index in [0.29, 0.717) is 17.7 Å². The van der Waals surface area contributed by atoms with Gasteiger partial charge in [-0.25, -0.2) is 9.97 Å². The summed E-state index contributed by atoms with van der Waals surface area (Å²) in [5, 5.41) is 0. The van der Waals surface area contributed by atoms with Crippen LogP contribution in [0.25, 0.3) is 0 Å². The van der Waals surface area contributed by atoms with Gasteiger partial charge in [0, 0.05) is 44.1 Å². The van der Waals surface area contributed by atoms with Gasteiger partial charge in [-0.1, -0.05) is 6.42 Å². The second kappa shape index (κ2) is 5.55. The number of rotatable bonds is 3. The highest BCUT2D eigenvalue weighted by Gasteiger charge is 2.32. The topological polar surface area (TPSA) is 55.3 Å². The number of nitrogens with zero attached hydrogens (tertiary/aromatic N) is 3. The SMILES string of the molecule is O=C(C1CCC1)N1CCC(Oc2ccncn2)CC1. The van der Waals surface area contributed by atoms with E-state index in [1.165, 1.54) is 12.7 Å². The van der Waals surface area contributed by atoms with Crippen LogP contribution in [0.1, 0.15) is 32.1 Å². The van der Waals surface area contributed by atoms with Crippen LogP contribution in [-0.4, -0.2) is 40.0 Å². The van der Waals surface area contributed by atoms with Crippen LogP contribution >= 0.6 is 0 Å². The Bertz CT molecular complexity index is 426. The van der Waals surface area contributed by atoms with Gasteiger partial charge < -0.3 is 9.64 Å². The molecule has 2 fully saturated rings. The van der Waals surface area contributed by atoms with Gasteiger partial charge in [0.05, 0.1) is 0 Å². The molecule has 0 aromatic carbocycles. The number of carbonyl (C=O) groups excluding carboxylic acids is 1. The summed E-state index contributed by atoms with van der Waals surface area (Å²) < 4.78 is 5.80. The van der Waals surface area contributed by atoms with Crippen molar-refractivity contribution in [2.75, 3.05) is 13.1 Å². The van der Waals surface area contributed by atoms with Crippen molar-refractivity contribution in [3.63, 3.8) is 0 Å². The van der Waals surface area contributed by atoms with Crippen molar-refractivity contribution < 1.29 is 9.53 Å². The van der Waals surface area contributed by atoms with Crippen molar-refractivity contribution in [1.82, 2.24) is 14.9 Å². The maximum absolute atomic E-state index is 12.1. The molecule has 2 aliphatic rings. The molecule has 5 nitrogen and oxygen atoms in total. The second-order valence-corrected chi connectivity index (χ2v) is 5.32. The zero-order valence-electron chi connectivity index (χ0n) is 11.0. The molecule has 0 N–H and O–H groups in total. The number of carbonyl (C=O) groups is 1. The molecule has 2 heterocycles. The fourth-order valence-electron chi connectivity index (χ4n) is 2.63. The number of amides is 1. The fourth-order valence-corrected chi connectivity index (χ4v) is 2.63. The van der Waals surface area contributed by atoms with E-state index >= 15 is 0 Å². The van der Waals surface area contributed by atoms with Crippen molar-refractivity contribution in [1.29, 1.82) is 0 Å². The zero-order chi connectivity index (χ0) is 13.1. The largest absolute Gasteiger partial charge is 0.474 e. The molecule has 0 bridgehead atoms. The first-order valence-corrected chi connectivity index (χ1v) is 7.04. The van der Waals surface area contributed by atoms with Gasteiger partial charge in [-0.05, 0) is 12.8 Å². The Hall–Kier alpha value is -1.65. The first-order valence-electron chi connectivity index (χ1n) is 7.04. The molecule has 1 aliphatic heterocycles. The number of piperidine rings is 1. The lowest BCUT2D eigenvalue weighted by atomic mass is 9.84. The molecule has 19 heavy (non-hydrogen) atoms. The van der Waals surface area contributed by atoms with Crippen LogP contribution < -0.4 is 4.74 Å². The van der Waals surface area contributed by atoms with Crippen molar-refractivity contribution in [3.8, 4) is 5.88 Å². The Morgan fingerprint density at radius 3 is 2.63 bits per heavy atom. The number of hydrogen-bond donors (Lipinski definition) is 0. The van der Waals surface area contributed by atoms with Gasteiger partial charge in [-0.2, -0.15) is 0 Å². The molecule has 1 saturated heterocycles. The van der Waals surface area contributed by atoms with Crippen molar-refractivity contribution >= 4 is 5.91 Å². The van der Waals surface area contributed by atoms with E-state index in [4.69, 9.17) is 4.74 Å². The van der Waals surface area contributed by atoms with Crippen LogP contribution in [0.5, 0.6) is 5.88 Å². The van der Waals surface area contributed by atoms with Crippen LogP contribution in [0, 0.1) is 5.92 Å². The van der Waals surface area contributed by atoms with Crippen LogP contribution in [0.4, 0.5) is 0 Å². The standard InChI is InChI=1S/C14H19N3O2/c18-14(11-2-1-3-11)17-8-5-12(6-9-17)19-13-4-7-15-10-16-13/h4,7,10-12H,1-3,5-6,8-9H2. The van der Waals surface area contributed by atoms with Gasteiger partial charge in [0.25, 0.3) is 0 Å². The summed E-state index contributed by atoms with van der Waals surface area (Å²) in [6, 6.07) is 1.77. The molecule has 1 aromatic rings. The zero-order valence-corrected chi connectivity index (χ0v) is 11.0. The average Bonchev–Trinajstić information content (AvgIpc) is 2.39. The highest BCUT2D eigenvalue weighted by molar-refractivity contribution is 5.79. The van der Waals surface area contributed by atoms with E-state index in [1.807, 2.05) is 4.90 Å². The van der Waals surface area contributed by atoms with Crippen LogP contribution in [0.3, 0.4) is 0 Å².